The summed E-state index contributed by atoms with van der Waals surface area (Å²) in [5, 5.41) is 6.70. The monoisotopic (exact) mass is 530 g/mol. The lowest BCUT2D eigenvalue weighted by atomic mass is 9.80. The van der Waals surface area contributed by atoms with Crippen molar-refractivity contribution in [2.24, 2.45) is 4.99 Å². The third kappa shape index (κ3) is 8.71. The molecule has 9 heteroatoms. The van der Waals surface area contributed by atoms with E-state index in [1.807, 2.05) is 6.92 Å². The minimum Gasteiger partial charge on any atom is -0.379 e. The first-order chi connectivity index (χ1) is 12.8. The van der Waals surface area contributed by atoms with E-state index < -0.39 is 9.84 Å². The number of aliphatic imine (C=N–C) groups is 1. The summed E-state index contributed by atoms with van der Waals surface area (Å²) < 4.78 is 28.4. The van der Waals surface area contributed by atoms with E-state index in [0.29, 0.717) is 6.42 Å². The number of rotatable bonds is 8. The number of sulfone groups is 1. The van der Waals surface area contributed by atoms with Gasteiger partial charge in [-0.3, -0.25) is 9.89 Å². The minimum absolute atomic E-state index is 0. The van der Waals surface area contributed by atoms with Crippen LogP contribution in [0.2, 0.25) is 0 Å². The van der Waals surface area contributed by atoms with Crippen LogP contribution in [0.5, 0.6) is 0 Å². The van der Waals surface area contributed by atoms with E-state index in [1.165, 1.54) is 38.4 Å². The highest BCUT2D eigenvalue weighted by molar-refractivity contribution is 14.0. The molecule has 2 aliphatic rings. The number of guanidine groups is 1. The van der Waals surface area contributed by atoms with Crippen LogP contribution in [0.3, 0.4) is 0 Å². The molecule has 166 valence electrons. The SMILES string of the molecule is CCNC(=NCC1(N2CCOCC2)CCCCC1)NC(C)CCS(C)(=O)=O.I. The summed E-state index contributed by atoms with van der Waals surface area (Å²) in [7, 11) is -2.94. The van der Waals surface area contributed by atoms with Crippen LogP contribution in [0.4, 0.5) is 0 Å². The molecule has 0 amide bonds. The molecule has 2 N–H and O–H groups in total. The van der Waals surface area contributed by atoms with E-state index >= 15 is 0 Å². The molecule has 2 rings (SSSR count). The third-order valence-corrected chi connectivity index (χ3v) is 6.62. The predicted octanol–water partition coefficient (Wildman–Crippen LogP) is 2.02. The predicted molar refractivity (Wildman–Crippen MR) is 127 cm³/mol. The summed E-state index contributed by atoms with van der Waals surface area (Å²) in [6.45, 7) is 9.23. The molecule has 28 heavy (non-hydrogen) atoms. The lowest BCUT2D eigenvalue weighted by Crippen LogP contribution is -2.56. The molecule has 0 spiro atoms. The smallest absolute Gasteiger partial charge is 0.191 e. The second-order valence-corrected chi connectivity index (χ2v) is 10.3. The highest BCUT2D eigenvalue weighted by Gasteiger charge is 2.38. The molecular weight excluding hydrogens is 491 g/mol. The van der Waals surface area contributed by atoms with Gasteiger partial charge in [0.1, 0.15) is 9.84 Å². The van der Waals surface area contributed by atoms with Crippen LogP contribution in [-0.2, 0) is 14.6 Å². The Balaban J connectivity index is 0.00000392. The van der Waals surface area contributed by atoms with Crippen LogP contribution in [0.15, 0.2) is 4.99 Å². The Bertz CT molecular complexity index is 574. The van der Waals surface area contributed by atoms with Crippen molar-refractivity contribution in [3.63, 3.8) is 0 Å². The van der Waals surface area contributed by atoms with Crippen molar-refractivity contribution in [3.05, 3.63) is 0 Å². The van der Waals surface area contributed by atoms with Crippen LogP contribution in [0.25, 0.3) is 0 Å². The number of hydrogen-bond acceptors (Lipinski definition) is 5. The van der Waals surface area contributed by atoms with Gasteiger partial charge in [0.05, 0.1) is 25.5 Å². The van der Waals surface area contributed by atoms with Crippen molar-refractivity contribution in [3.8, 4) is 0 Å². The standard InChI is InChI=1S/C19H38N4O3S.HI/c1-4-20-18(22-17(2)8-15-27(3,24)25)21-16-19(9-6-5-7-10-19)23-11-13-26-14-12-23;/h17H,4-16H2,1-3H3,(H2,20,21,22);1H. The summed E-state index contributed by atoms with van der Waals surface area (Å²) in [4.78, 5) is 7.52. The Kier molecular flexibility index (Phi) is 11.6. The topological polar surface area (TPSA) is 83.0 Å². The van der Waals surface area contributed by atoms with E-state index in [4.69, 9.17) is 9.73 Å². The number of nitrogens with zero attached hydrogens (tertiary/aromatic N) is 2. The summed E-state index contributed by atoms with van der Waals surface area (Å²) in [5.74, 6) is 0.981. The Morgan fingerprint density at radius 2 is 1.86 bits per heavy atom. The van der Waals surface area contributed by atoms with E-state index in [9.17, 15) is 8.42 Å². The number of hydrogen-bond donors (Lipinski definition) is 2. The Labute approximate surface area is 188 Å². The number of nitrogens with one attached hydrogen (secondary N) is 2. The molecule has 1 atom stereocenters. The van der Waals surface area contributed by atoms with Gasteiger partial charge in [0.25, 0.3) is 0 Å². The Hall–Kier alpha value is -0.130. The molecule has 1 saturated carbocycles. The lowest BCUT2D eigenvalue weighted by molar-refractivity contribution is -0.0333. The van der Waals surface area contributed by atoms with Crippen LogP contribution < -0.4 is 10.6 Å². The molecule has 0 radical (unpaired) electrons. The van der Waals surface area contributed by atoms with E-state index in [2.05, 4.69) is 22.5 Å². The van der Waals surface area contributed by atoms with Crippen LogP contribution in [0, 0.1) is 0 Å². The van der Waals surface area contributed by atoms with Gasteiger partial charge >= 0.3 is 0 Å². The highest BCUT2D eigenvalue weighted by Crippen LogP contribution is 2.34. The Morgan fingerprint density at radius 1 is 1.21 bits per heavy atom. The molecule has 7 nitrogen and oxygen atoms in total. The van der Waals surface area contributed by atoms with Crippen molar-refractivity contribution in [2.45, 2.75) is 64.0 Å². The molecule has 0 aromatic rings. The quantitative estimate of drug-likeness (QED) is 0.284. The van der Waals surface area contributed by atoms with Crippen molar-refractivity contribution in [2.75, 3.05) is 51.4 Å². The van der Waals surface area contributed by atoms with Crippen LogP contribution >= 0.6 is 24.0 Å². The number of halogens is 1. The molecule has 1 heterocycles. The van der Waals surface area contributed by atoms with E-state index in [-0.39, 0.29) is 41.3 Å². The molecule has 1 unspecified atom stereocenters. The summed E-state index contributed by atoms with van der Waals surface area (Å²) in [6.07, 6.45) is 8.10. The largest absolute Gasteiger partial charge is 0.379 e. The summed E-state index contributed by atoms with van der Waals surface area (Å²) in [6, 6.07) is 0.0585. The Morgan fingerprint density at radius 3 is 2.43 bits per heavy atom. The van der Waals surface area contributed by atoms with Gasteiger partial charge in [-0.1, -0.05) is 19.3 Å². The van der Waals surface area contributed by atoms with Gasteiger partial charge < -0.3 is 15.4 Å². The summed E-state index contributed by atoms with van der Waals surface area (Å²) in [5.41, 5.74) is 0.139. The zero-order chi connectivity index (χ0) is 19.8. The van der Waals surface area contributed by atoms with Gasteiger partial charge in [-0.05, 0) is 33.1 Å². The molecule has 1 saturated heterocycles. The molecule has 2 fully saturated rings. The fraction of sp³-hybridized carbons (Fsp3) is 0.947. The van der Waals surface area contributed by atoms with E-state index in [1.54, 1.807) is 0 Å². The third-order valence-electron chi connectivity index (χ3n) is 5.65. The second-order valence-electron chi connectivity index (χ2n) is 8.04. The average molecular weight is 531 g/mol. The first-order valence-electron chi connectivity index (χ1n) is 10.4. The van der Waals surface area contributed by atoms with Gasteiger partial charge in [0.15, 0.2) is 5.96 Å². The minimum atomic E-state index is -2.94. The average Bonchev–Trinajstić information content (AvgIpc) is 2.66. The van der Waals surface area contributed by atoms with Crippen molar-refractivity contribution in [1.82, 2.24) is 15.5 Å². The number of ether oxygens (including phenoxy) is 1. The van der Waals surface area contributed by atoms with Crippen LogP contribution in [0.1, 0.15) is 52.4 Å². The lowest BCUT2D eigenvalue weighted by Gasteiger charge is -2.47. The molecule has 0 bridgehead atoms. The molecule has 1 aliphatic carbocycles. The van der Waals surface area contributed by atoms with Crippen molar-refractivity contribution in [1.29, 1.82) is 0 Å². The first kappa shape index (κ1) is 25.9. The van der Waals surface area contributed by atoms with Crippen molar-refractivity contribution < 1.29 is 13.2 Å². The van der Waals surface area contributed by atoms with Gasteiger partial charge in [0, 0.05) is 37.5 Å². The molecule has 0 aromatic heterocycles. The molecule has 1 aliphatic heterocycles. The fourth-order valence-electron chi connectivity index (χ4n) is 4.06. The number of morpholine rings is 1. The van der Waals surface area contributed by atoms with Crippen molar-refractivity contribution >= 4 is 39.8 Å². The first-order valence-corrected chi connectivity index (χ1v) is 12.5. The maximum atomic E-state index is 11.4. The van der Waals surface area contributed by atoms with Gasteiger partial charge in [-0.15, -0.1) is 24.0 Å². The zero-order valence-corrected chi connectivity index (χ0v) is 20.9. The maximum absolute atomic E-state index is 11.4. The fourth-order valence-corrected chi connectivity index (χ4v) is 4.85. The van der Waals surface area contributed by atoms with Gasteiger partial charge in [-0.2, -0.15) is 0 Å². The van der Waals surface area contributed by atoms with Gasteiger partial charge in [0.2, 0.25) is 0 Å². The second kappa shape index (κ2) is 12.5. The van der Waals surface area contributed by atoms with Crippen LogP contribution in [-0.4, -0.2) is 82.3 Å². The van der Waals surface area contributed by atoms with E-state index in [0.717, 1.165) is 45.4 Å². The maximum Gasteiger partial charge on any atom is 0.191 e. The molecule has 0 aromatic carbocycles. The van der Waals surface area contributed by atoms with Gasteiger partial charge in [-0.25, -0.2) is 8.42 Å². The normalized spacial score (nSPS) is 22.2. The zero-order valence-electron chi connectivity index (χ0n) is 17.7. The summed E-state index contributed by atoms with van der Waals surface area (Å²) >= 11 is 0. The highest BCUT2D eigenvalue weighted by atomic mass is 127. The molecular formula is C19H39IN4O3S.